The molecule has 0 unspecified atom stereocenters. The van der Waals surface area contributed by atoms with Crippen molar-refractivity contribution in [1.82, 2.24) is 9.97 Å². The number of nitrogen functional groups attached to an aromatic ring is 1. The SMILES string of the molecule is CSc1nccc(-c2ccccc2N)n1. The van der Waals surface area contributed by atoms with E-state index in [9.17, 15) is 0 Å². The molecule has 0 aliphatic heterocycles. The van der Waals surface area contributed by atoms with E-state index in [1.165, 1.54) is 11.8 Å². The minimum atomic E-state index is 0.739. The van der Waals surface area contributed by atoms with Crippen LogP contribution < -0.4 is 5.73 Å². The van der Waals surface area contributed by atoms with E-state index < -0.39 is 0 Å². The Morgan fingerprint density at radius 3 is 2.73 bits per heavy atom. The Morgan fingerprint density at radius 1 is 1.20 bits per heavy atom. The topological polar surface area (TPSA) is 51.8 Å². The number of hydrogen-bond donors (Lipinski definition) is 1. The summed E-state index contributed by atoms with van der Waals surface area (Å²) in [7, 11) is 0. The van der Waals surface area contributed by atoms with Gasteiger partial charge in [0.25, 0.3) is 0 Å². The highest BCUT2D eigenvalue weighted by molar-refractivity contribution is 7.98. The highest BCUT2D eigenvalue weighted by Crippen LogP contribution is 2.24. The lowest BCUT2D eigenvalue weighted by Crippen LogP contribution is -1.93. The third-order valence-corrected chi connectivity index (χ3v) is 2.61. The Hall–Kier alpha value is -1.55. The van der Waals surface area contributed by atoms with Gasteiger partial charge in [0.2, 0.25) is 0 Å². The van der Waals surface area contributed by atoms with Crippen molar-refractivity contribution in [2.45, 2.75) is 5.16 Å². The van der Waals surface area contributed by atoms with Crippen LogP contribution in [0.5, 0.6) is 0 Å². The Labute approximate surface area is 92.8 Å². The molecule has 2 rings (SSSR count). The van der Waals surface area contributed by atoms with Crippen molar-refractivity contribution < 1.29 is 0 Å². The minimum absolute atomic E-state index is 0.739. The van der Waals surface area contributed by atoms with Gasteiger partial charge in [0, 0.05) is 17.4 Å². The smallest absolute Gasteiger partial charge is 0.187 e. The summed E-state index contributed by atoms with van der Waals surface area (Å²) in [6.45, 7) is 0. The average Bonchev–Trinajstić information content (AvgIpc) is 2.30. The fraction of sp³-hybridized carbons (Fsp3) is 0.0909. The van der Waals surface area contributed by atoms with E-state index in [0.717, 1.165) is 22.1 Å². The number of aromatic nitrogens is 2. The third-order valence-electron chi connectivity index (χ3n) is 2.05. The number of thioether (sulfide) groups is 1. The van der Waals surface area contributed by atoms with Crippen LogP contribution in [0.4, 0.5) is 5.69 Å². The molecule has 0 atom stereocenters. The van der Waals surface area contributed by atoms with Gasteiger partial charge in [0.15, 0.2) is 5.16 Å². The van der Waals surface area contributed by atoms with Crippen molar-refractivity contribution >= 4 is 17.4 Å². The predicted octanol–water partition coefficient (Wildman–Crippen LogP) is 2.45. The molecule has 0 radical (unpaired) electrons. The molecule has 0 spiro atoms. The Morgan fingerprint density at radius 2 is 2.00 bits per heavy atom. The maximum absolute atomic E-state index is 5.88. The first-order chi connectivity index (χ1) is 7.31. The molecule has 0 aliphatic rings. The van der Waals surface area contributed by atoms with Crippen LogP contribution in [0, 0.1) is 0 Å². The van der Waals surface area contributed by atoms with Gasteiger partial charge in [-0.3, -0.25) is 0 Å². The molecule has 0 fully saturated rings. The van der Waals surface area contributed by atoms with Crippen LogP contribution in [-0.2, 0) is 0 Å². The van der Waals surface area contributed by atoms with E-state index >= 15 is 0 Å². The molecule has 76 valence electrons. The standard InChI is InChI=1S/C11H11N3S/c1-15-11-13-7-6-10(14-11)8-4-2-3-5-9(8)12/h2-7H,12H2,1H3. The highest BCUT2D eigenvalue weighted by atomic mass is 32.2. The number of anilines is 1. The Balaban J connectivity index is 2.49. The summed E-state index contributed by atoms with van der Waals surface area (Å²) < 4.78 is 0. The fourth-order valence-corrected chi connectivity index (χ4v) is 1.68. The molecular weight excluding hydrogens is 206 g/mol. The molecule has 1 aromatic heterocycles. The van der Waals surface area contributed by atoms with Crippen LogP contribution >= 0.6 is 11.8 Å². The zero-order chi connectivity index (χ0) is 10.7. The van der Waals surface area contributed by atoms with Gasteiger partial charge in [-0.15, -0.1) is 0 Å². The lowest BCUT2D eigenvalue weighted by Gasteiger charge is -2.04. The number of nitrogens with two attached hydrogens (primary N) is 1. The average molecular weight is 217 g/mol. The molecule has 0 amide bonds. The fourth-order valence-electron chi connectivity index (χ4n) is 1.32. The Kier molecular flexibility index (Phi) is 2.87. The second kappa shape index (κ2) is 4.31. The minimum Gasteiger partial charge on any atom is -0.398 e. The summed E-state index contributed by atoms with van der Waals surface area (Å²) in [6, 6.07) is 9.56. The first-order valence-corrected chi connectivity index (χ1v) is 5.75. The number of para-hydroxylation sites is 1. The molecule has 0 bridgehead atoms. The maximum atomic E-state index is 5.88. The summed E-state index contributed by atoms with van der Waals surface area (Å²) in [5.74, 6) is 0. The van der Waals surface area contributed by atoms with Gasteiger partial charge in [-0.2, -0.15) is 0 Å². The molecule has 0 saturated heterocycles. The first-order valence-electron chi connectivity index (χ1n) is 4.53. The zero-order valence-corrected chi connectivity index (χ0v) is 9.16. The van der Waals surface area contributed by atoms with Crippen molar-refractivity contribution in [3.8, 4) is 11.3 Å². The molecule has 15 heavy (non-hydrogen) atoms. The molecular formula is C11H11N3S. The van der Waals surface area contributed by atoms with Gasteiger partial charge in [0.05, 0.1) is 5.69 Å². The van der Waals surface area contributed by atoms with Crippen LogP contribution in [0.15, 0.2) is 41.7 Å². The van der Waals surface area contributed by atoms with Crippen LogP contribution in [0.3, 0.4) is 0 Å². The second-order valence-electron chi connectivity index (χ2n) is 3.02. The van der Waals surface area contributed by atoms with Gasteiger partial charge in [-0.25, -0.2) is 9.97 Å². The van der Waals surface area contributed by atoms with Crippen molar-refractivity contribution in [2.24, 2.45) is 0 Å². The van der Waals surface area contributed by atoms with Crippen LogP contribution in [0.25, 0.3) is 11.3 Å². The first kappa shape index (κ1) is 9.98. The van der Waals surface area contributed by atoms with Gasteiger partial charge in [-0.05, 0) is 18.4 Å². The molecule has 0 aliphatic carbocycles. The Bertz CT molecular complexity index is 471. The van der Waals surface area contributed by atoms with E-state index in [2.05, 4.69) is 9.97 Å². The van der Waals surface area contributed by atoms with Gasteiger partial charge in [0.1, 0.15) is 0 Å². The molecule has 3 nitrogen and oxygen atoms in total. The van der Waals surface area contributed by atoms with E-state index in [1.807, 2.05) is 36.6 Å². The molecule has 0 saturated carbocycles. The lowest BCUT2D eigenvalue weighted by atomic mass is 10.1. The third kappa shape index (κ3) is 2.10. The van der Waals surface area contributed by atoms with Gasteiger partial charge < -0.3 is 5.73 Å². The van der Waals surface area contributed by atoms with E-state index in [0.29, 0.717) is 0 Å². The summed E-state index contributed by atoms with van der Waals surface area (Å²) >= 11 is 1.52. The summed E-state index contributed by atoms with van der Waals surface area (Å²) in [5, 5.41) is 0.760. The number of rotatable bonds is 2. The van der Waals surface area contributed by atoms with Crippen molar-refractivity contribution in [1.29, 1.82) is 0 Å². The highest BCUT2D eigenvalue weighted by Gasteiger charge is 2.03. The molecule has 4 heteroatoms. The van der Waals surface area contributed by atoms with E-state index in [-0.39, 0.29) is 0 Å². The summed E-state index contributed by atoms with van der Waals surface area (Å²) in [6.07, 6.45) is 3.70. The van der Waals surface area contributed by atoms with Crippen LogP contribution in [0.1, 0.15) is 0 Å². The van der Waals surface area contributed by atoms with E-state index in [4.69, 9.17) is 5.73 Å². The van der Waals surface area contributed by atoms with Gasteiger partial charge in [-0.1, -0.05) is 30.0 Å². The molecule has 1 aromatic carbocycles. The van der Waals surface area contributed by atoms with Crippen LogP contribution in [-0.4, -0.2) is 16.2 Å². The molecule has 1 heterocycles. The lowest BCUT2D eigenvalue weighted by molar-refractivity contribution is 0.976. The van der Waals surface area contributed by atoms with Crippen molar-refractivity contribution in [3.63, 3.8) is 0 Å². The van der Waals surface area contributed by atoms with Crippen LogP contribution in [0.2, 0.25) is 0 Å². The second-order valence-corrected chi connectivity index (χ2v) is 3.79. The quantitative estimate of drug-likeness (QED) is 0.477. The monoisotopic (exact) mass is 217 g/mol. The molecule has 2 aromatic rings. The van der Waals surface area contributed by atoms with Crippen molar-refractivity contribution in [3.05, 3.63) is 36.5 Å². The maximum Gasteiger partial charge on any atom is 0.187 e. The number of nitrogens with zero attached hydrogens (tertiary/aromatic N) is 2. The molecule has 2 N–H and O–H groups in total. The summed E-state index contributed by atoms with van der Waals surface area (Å²) in [4.78, 5) is 8.52. The van der Waals surface area contributed by atoms with Crippen molar-refractivity contribution in [2.75, 3.05) is 12.0 Å². The predicted molar refractivity (Wildman–Crippen MR) is 63.7 cm³/mol. The summed E-state index contributed by atoms with van der Waals surface area (Å²) in [5.41, 5.74) is 8.44. The van der Waals surface area contributed by atoms with E-state index in [1.54, 1.807) is 6.20 Å². The largest absolute Gasteiger partial charge is 0.398 e. The number of benzene rings is 1. The van der Waals surface area contributed by atoms with Gasteiger partial charge >= 0.3 is 0 Å². The normalized spacial score (nSPS) is 10.2. The zero-order valence-electron chi connectivity index (χ0n) is 8.34. The number of hydrogen-bond acceptors (Lipinski definition) is 4.